The van der Waals surface area contributed by atoms with Crippen LogP contribution in [0.15, 0.2) is 24.3 Å². The maximum Gasteiger partial charge on any atom is 0.335 e. The summed E-state index contributed by atoms with van der Waals surface area (Å²) in [6.07, 6.45) is -1.05. The molecular weight excluding hydrogens is 234 g/mol. The number of amides is 1. The van der Waals surface area contributed by atoms with Crippen molar-refractivity contribution in [2.45, 2.75) is 26.5 Å². The molecule has 1 aromatic carbocycles. The number of aliphatic hydroxyl groups excluding tert-OH is 1. The third-order valence-corrected chi connectivity index (χ3v) is 2.54. The van der Waals surface area contributed by atoms with Gasteiger partial charge in [0.2, 0.25) is 5.91 Å². The first-order valence-electron chi connectivity index (χ1n) is 5.70. The van der Waals surface area contributed by atoms with Gasteiger partial charge in [0.05, 0.1) is 5.56 Å². The van der Waals surface area contributed by atoms with Crippen LogP contribution >= 0.6 is 0 Å². The van der Waals surface area contributed by atoms with E-state index in [-0.39, 0.29) is 18.0 Å². The Morgan fingerprint density at radius 3 is 2.56 bits per heavy atom. The summed E-state index contributed by atoms with van der Waals surface area (Å²) in [6, 6.07) is 6.30. The van der Waals surface area contributed by atoms with Crippen molar-refractivity contribution in [2.24, 2.45) is 5.92 Å². The second-order valence-corrected chi connectivity index (χ2v) is 4.41. The van der Waals surface area contributed by atoms with Crippen LogP contribution in [-0.2, 0) is 11.3 Å². The molecule has 0 heterocycles. The van der Waals surface area contributed by atoms with Crippen LogP contribution in [0.1, 0.15) is 29.8 Å². The summed E-state index contributed by atoms with van der Waals surface area (Å²) in [5.74, 6) is -1.62. The molecule has 3 N–H and O–H groups in total. The van der Waals surface area contributed by atoms with Crippen molar-refractivity contribution in [1.29, 1.82) is 0 Å². The van der Waals surface area contributed by atoms with Gasteiger partial charge in [0.1, 0.15) is 6.10 Å². The molecule has 0 saturated carbocycles. The maximum absolute atomic E-state index is 11.5. The summed E-state index contributed by atoms with van der Waals surface area (Å²) in [5, 5.41) is 20.9. The van der Waals surface area contributed by atoms with Gasteiger partial charge >= 0.3 is 5.97 Å². The fourth-order valence-corrected chi connectivity index (χ4v) is 1.41. The minimum absolute atomic E-state index is 0.157. The van der Waals surface area contributed by atoms with E-state index in [0.717, 1.165) is 0 Å². The minimum atomic E-state index is -1.05. The second kappa shape index (κ2) is 6.16. The van der Waals surface area contributed by atoms with Crippen molar-refractivity contribution in [3.05, 3.63) is 35.4 Å². The Balaban J connectivity index is 2.61. The van der Waals surface area contributed by atoms with Gasteiger partial charge < -0.3 is 15.5 Å². The molecule has 0 spiro atoms. The standard InChI is InChI=1S/C13H17NO4/c1-8(2)11(15)12(16)14-7-9-4-3-5-10(6-9)13(17)18/h3-6,8,11,15H,7H2,1-2H3,(H,14,16)(H,17,18)/t11-/m1/s1. The average Bonchev–Trinajstić information content (AvgIpc) is 2.35. The number of hydrogen-bond donors (Lipinski definition) is 3. The fourth-order valence-electron chi connectivity index (χ4n) is 1.41. The van der Waals surface area contributed by atoms with E-state index in [0.29, 0.717) is 5.56 Å². The molecule has 0 aliphatic rings. The maximum atomic E-state index is 11.5. The third kappa shape index (κ3) is 3.85. The van der Waals surface area contributed by atoms with Gasteiger partial charge in [-0.3, -0.25) is 4.79 Å². The van der Waals surface area contributed by atoms with Crippen LogP contribution in [0.3, 0.4) is 0 Å². The average molecular weight is 251 g/mol. The number of carboxylic acids is 1. The monoisotopic (exact) mass is 251 g/mol. The number of carboxylic acid groups (broad SMARTS) is 1. The van der Waals surface area contributed by atoms with Gasteiger partial charge in [-0.1, -0.05) is 26.0 Å². The van der Waals surface area contributed by atoms with Gasteiger partial charge in [0, 0.05) is 6.54 Å². The van der Waals surface area contributed by atoms with Crippen LogP contribution in [0.4, 0.5) is 0 Å². The number of benzene rings is 1. The summed E-state index contributed by atoms with van der Waals surface area (Å²) in [6.45, 7) is 3.69. The van der Waals surface area contributed by atoms with Crippen LogP contribution < -0.4 is 5.32 Å². The van der Waals surface area contributed by atoms with Gasteiger partial charge in [-0.05, 0) is 23.6 Å². The first-order valence-corrected chi connectivity index (χ1v) is 5.70. The third-order valence-electron chi connectivity index (χ3n) is 2.54. The highest BCUT2D eigenvalue weighted by atomic mass is 16.4. The van der Waals surface area contributed by atoms with Crippen molar-refractivity contribution in [3.63, 3.8) is 0 Å². The molecule has 0 radical (unpaired) electrons. The Hall–Kier alpha value is -1.88. The fraction of sp³-hybridized carbons (Fsp3) is 0.385. The summed E-state index contributed by atoms with van der Waals surface area (Å²) in [4.78, 5) is 22.3. The summed E-state index contributed by atoms with van der Waals surface area (Å²) >= 11 is 0. The Morgan fingerprint density at radius 2 is 2.00 bits per heavy atom. The topological polar surface area (TPSA) is 86.6 Å². The van der Waals surface area contributed by atoms with Gasteiger partial charge in [-0.15, -0.1) is 0 Å². The zero-order valence-corrected chi connectivity index (χ0v) is 10.4. The van der Waals surface area contributed by atoms with E-state index in [1.165, 1.54) is 12.1 Å². The van der Waals surface area contributed by atoms with E-state index in [4.69, 9.17) is 5.11 Å². The molecule has 0 unspecified atom stereocenters. The van der Waals surface area contributed by atoms with Crippen molar-refractivity contribution in [1.82, 2.24) is 5.32 Å². The normalized spacial score (nSPS) is 12.2. The smallest absolute Gasteiger partial charge is 0.335 e. The molecule has 18 heavy (non-hydrogen) atoms. The van der Waals surface area contributed by atoms with Crippen molar-refractivity contribution in [2.75, 3.05) is 0 Å². The molecule has 0 fully saturated rings. The van der Waals surface area contributed by atoms with Crippen molar-refractivity contribution in [3.8, 4) is 0 Å². The number of aliphatic hydroxyl groups is 1. The zero-order chi connectivity index (χ0) is 13.7. The first-order chi connectivity index (χ1) is 8.41. The Labute approximate surface area is 105 Å². The van der Waals surface area contributed by atoms with Gasteiger partial charge in [-0.25, -0.2) is 4.79 Å². The van der Waals surface area contributed by atoms with E-state index in [9.17, 15) is 14.7 Å². The lowest BCUT2D eigenvalue weighted by Crippen LogP contribution is -2.37. The number of rotatable bonds is 5. The highest BCUT2D eigenvalue weighted by Crippen LogP contribution is 2.06. The lowest BCUT2D eigenvalue weighted by atomic mass is 10.1. The predicted octanol–water partition coefficient (Wildman–Crippen LogP) is 1.02. The van der Waals surface area contributed by atoms with Crippen LogP contribution in [0.25, 0.3) is 0 Å². The summed E-state index contributed by atoms with van der Waals surface area (Å²) in [5.41, 5.74) is 0.852. The number of carbonyl (C=O) groups is 2. The summed E-state index contributed by atoms with van der Waals surface area (Å²) < 4.78 is 0. The molecule has 0 aromatic heterocycles. The number of nitrogens with one attached hydrogen (secondary N) is 1. The molecular formula is C13H17NO4. The highest BCUT2D eigenvalue weighted by Gasteiger charge is 2.18. The largest absolute Gasteiger partial charge is 0.478 e. The molecule has 0 aliphatic carbocycles. The number of carbonyl (C=O) groups excluding carboxylic acids is 1. The van der Waals surface area contributed by atoms with Crippen molar-refractivity contribution >= 4 is 11.9 Å². The Bertz CT molecular complexity index is 442. The lowest BCUT2D eigenvalue weighted by Gasteiger charge is -2.14. The molecule has 0 aliphatic heterocycles. The molecule has 5 heteroatoms. The van der Waals surface area contributed by atoms with Gasteiger partial charge in [-0.2, -0.15) is 0 Å². The molecule has 98 valence electrons. The van der Waals surface area contributed by atoms with Gasteiger partial charge in [0.25, 0.3) is 0 Å². The van der Waals surface area contributed by atoms with Crippen LogP contribution in [0.2, 0.25) is 0 Å². The first kappa shape index (κ1) is 14.2. The second-order valence-electron chi connectivity index (χ2n) is 4.41. The van der Waals surface area contributed by atoms with E-state index in [1.54, 1.807) is 26.0 Å². The molecule has 1 aromatic rings. The van der Waals surface area contributed by atoms with Crippen molar-refractivity contribution < 1.29 is 19.8 Å². The minimum Gasteiger partial charge on any atom is -0.478 e. The molecule has 0 bridgehead atoms. The number of aromatic carboxylic acids is 1. The van der Waals surface area contributed by atoms with Crippen LogP contribution in [0, 0.1) is 5.92 Å². The molecule has 0 saturated heterocycles. The van der Waals surface area contributed by atoms with E-state index >= 15 is 0 Å². The molecule has 5 nitrogen and oxygen atoms in total. The van der Waals surface area contributed by atoms with Gasteiger partial charge in [0.15, 0.2) is 0 Å². The van der Waals surface area contributed by atoms with Crippen LogP contribution in [-0.4, -0.2) is 28.2 Å². The molecule has 1 rings (SSSR count). The molecule has 1 atom stereocenters. The van der Waals surface area contributed by atoms with E-state index in [2.05, 4.69) is 5.32 Å². The lowest BCUT2D eigenvalue weighted by molar-refractivity contribution is -0.131. The SMILES string of the molecule is CC(C)[C@@H](O)C(=O)NCc1cccc(C(=O)O)c1. The molecule has 1 amide bonds. The number of hydrogen-bond acceptors (Lipinski definition) is 3. The summed E-state index contributed by atoms with van der Waals surface area (Å²) in [7, 11) is 0. The quantitative estimate of drug-likeness (QED) is 0.729. The Morgan fingerprint density at radius 1 is 1.33 bits per heavy atom. The Kier molecular flexibility index (Phi) is 4.85. The van der Waals surface area contributed by atoms with E-state index in [1.807, 2.05) is 0 Å². The predicted molar refractivity (Wildman–Crippen MR) is 66.1 cm³/mol. The highest BCUT2D eigenvalue weighted by molar-refractivity contribution is 5.87. The van der Waals surface area contributed by atoms with Crippen LogP contribution in [0.5, 0.6) is 0 Å². The van der Waals surface area contributed by atoms with E-state index < -0.39 is 18.0 Å². The zero-order valence-electron chi connectivity index (χ0n) is 10.4.